The van der Waals surface area contributed by atoms with Crippen LogP contribution in [-0.2, 0) is 24.9 Å². The third kappa shape index (κ3) is 3.78. The van der Waals surface area contributed by atoms with Gasteiger partial charge in [-0.05, 0) is 21.5 Å². The van der Waals surface area contributed by atoms with Crippen LogP contribution in [-0.4, -0.2) is 21.1 Å². The van der Waals surface area contributed by atoms with Crippen LogP contribution in [0.4, 0.5) is 4.79 Å². The molecule has 0 fully saturated rings. The van der Waals surface area contributed by atoms with Crippen molar-refractivity contribution in [3.63, 3.8) is 0 Å². The van der Waals surface area contributed by atoms with E-state index in [-0.39, 0.29) is 6.61 Å². The van der Waals surface area contributed by atoms with E-state index in [0.29, 0.717) is 11.1 Å². The summed E-state index contributed by atoms with van der Waals surface area (Å²) in [4.78, 5) is 11.5. The molecule has 0 aliphatic heterocycles. The van der Waals surface area contributed by atoms with Gasteiger partial charge < -0.3 is 10.1 Å². The molecule has 0 aliphatic carbocycles. The van der Waals surface area contributed by atoms with E-state index >= 15 is 0 Å². The van der Waals surface area contributed by atoms with Crippen LogP contribution in [0, 0.1) is 0 Å². The Bertz CT molecular complexity index is 537. The molecule has 2 rings (SSSR count). The molecule has 0 aliphatic rings. The zero-order valence-corrected chi connectivity index (χ0v) is 11.9. The Morgan fingerprint density at radius 1 is 1.42 bits per heavy atom. The van der Waals surface area contributed by atoms with Crippen molar-refractivity contribution in [2.45, 2.75) is 13.2 Å². The first-order valence-corrected chi connectivity index (χ1v) is 6.44. The number of aromatic nitrogens is 3. The maximum atomic E-state index is 11.5. The van der Waals surface area contributed by atoms with Gasteiger partial charge in [0.25, 0.3) is 0 Å². The molecule has 1 N–H and O–H groups in total. The molecule has 0 radical (unpaired) electrons. The second-order valence-corrected chi connectivity index (χ2v) is 4.62. The molecule has 100 valence electrons. The van der Waals surface area contributed by atoms with Gasteiger partial charge in [0, 0.05) is 7.05 Å². The van der Waals surface area contributed by atoms with Crippen LogP contribution in [0.3, 0.4) is 0 Å². The lowest BCUT2D eigenvalue weighted by atomic mass is 10.2. The number of carbonyl (C=O) groups excluding carboxylic acids is 1. The summed E-state index contributed by atoms with van der Waals surface area (Å²) in [5.41, 5.74) is 1.72. The van der Waals surface area contributed by atoms with Gasteiger partial charge >= 0.3 is 6.09 Å². The van der Waals surface area contributed by atoms with E-state index in [4.69, 9.17) is 4.74 Å². The summed E-state index contributed by atoms with van der Waals surface area (Å²) < 4.78 is 7.29. The van der Waals surface area contributed by atoms with Crippen LogP contribution in [0.25, 0.3) is 0 Å². The van der Waals surface area contributed by atoms with Gasteiger partial charge in [0.15, 0.2) is 4.60 Å². The van der Waals surface area contributed by atoms with Gasteiger partial charge in [-0.3, -0.25) is 0 Å². The molecule has 2 aromatic rings. The number of amides is 1. The lowest BCUT2D eigenvalue weighted by molar-refractivity contribution is 0.139. The van der Waals surface area contributed by atoms with E-state index < -0.39 is 6.09 Å². The van der Waals surface area contributed by atoms with Gasteiger partial charge in [-0.15, -0.1) is 5.10 Å². The number of carbonyl (C=O) groups is 1. The fourth-order valence-electron chi connectivity index (χ4n) is 1.47. The number of hydrogen-bond donors (Lipinski definition) is 1. The van der Waals surface area contributed by atoms with E-state index in [1.54, 1.807) is 11.7 Å². The molecular formula is C12H13BrN4O2. The second-order valence-electron chi connectivity index (χ2n) is 3.87. The molecule has 19 heavy (non-hydrogen) atoms. The summed E-state index contributed by atoms with van der Waals surface area (Å²) in [7, 11) is 1.75. The number of alkyl carbamates (subject to hydrolysis) is 1. The van der Waals surface area contributed by atoms with Crippen LogP contribution in [0.5, 0.6) is 0 Å². The summed E-state index contributed by atoms with van der Waals surface area (Å²) >= 11 is 3.26. The predicted molar refractivity (Wildman–Crippen MR) is 72.2 cm³/mol. The molecule has 0 spiro atoms. The number of halogens is 1. The molecule has 6 nitrogen and oxygen atoms in total. The van der Waals surface area contributed by atoms with Crippen LogP contribution in [0.15, 0.2) is 34.9 Å². The molecule has 1 heterocycles. The van der Waals surface area contributed by atoms with Gasteiger partial charge in [-0.1, -0.05) is 35.5 Å². The van der Waals surface area contributed by atoms with Crippen molar-refractivity contribution < 1.29 is 9.53 Å². The van der Waals surface area contributed by atoms with Crippen LogP contribution < -0.4 is 5.32 Å². The number of hydrogen-bond acceptors (Lipinski definition) is 4. The number of benzene rings is 1. The Kier molecular flexibility index (Phi) is 4.51. The highest BCUT2D eigenvalue weighted by Gasteiger charge is 2.09. The fourth-order valence-corrected chi connectivity index (χ4v) is 1.94. The molecule has 1 aromatic heterocycles. The molecular weight excluding hydrogens is 312 g/mol. The number of rotatable bonds is 4. The van der Waals surface area contributed by atoms with E-state index in [9.17, 15) is 4.79 Å². The van der Waals surface area contributed by atoms with Crippen molar-refractivity contribution in [3.8, 4) is 0 Å². The lowest BCUT2D eigenvalue weighted by Crippen LogP contribution is -2.25. The lowest BCUT2D eigenvalue weighted by Gasteiger charge is -2.07. The zero-order valence-electron chi connectivity index (χ0n) is 10.3. The van der Waals surface area contributed by atoms with Gasteiger partial charge in [0.1, 0.15) is 6.61 Å². The monoisotopic (exact) mass is 324 g/mol. The maximum absolute atomic E-state index is 11.5. The normalized spacial score (nSPS) is 10.2. The average Bonchev–Trinajstić information content (AvgIpc) is 2.75. The third-order valence-electron chi connectivity index (χ3n) is 2.51. The SMILES string of the molecule is Cn1nnc(Br)c1CNC(=O)OCc1ccccc1. The minimum atomic E-state index is -0.475. The smallest absolute Gasteiger partial charge is 0.407 e. The zero-order chi connectivity index (χ0) is 13.7. The number of ether oxygens (including phenoxy) is 1. The summed E-state index contributed by atoms with van der Waals surface area (Å²) in [5, 5.41) is 10.3. The number of nitrogens with one attached hydrogen (secondary N) is 1. The first-order chi connectivity index (χ1) is 9.16. The highest BCUT2D eigenvalue weighted by Crippen LogP contribution is 2.11. The van der Waals surface area contributed by atoms with Gasteiger partial charge in [-0.2, -0.15) is 0 Å². The quantitative estimate of drug-likeness (QED) is 0.934. The van der Waals surface area contributed by atoms with Crippen molar-refractivity contribution in [1.29, 1.82) is 0 Å². The largest absolute Gasteiger partial charge is 0.445 e. The third-order valence-corrected chi connectivity index (χ3v) is 3.12. The predicted octanol–water partition coefficient (Wildman–Crippen LogP) is 2.00. The fraction of sp³-hybridized carbons (Fsp3) is 0.250. The van der Waals surface area contributed by atoms with Crippen molar-refractivity contribution in [2.75, 3.05) is 0 Å². The first kappa shape index (κ1) is 13.5. The molecule has 7 heteroatoms. The van der Waals surface area contributed by atoms with E-state index in [1.165, 1.54) is 0 Å². The minimum absolute atomic E-state index is 0.247. The Labute approximate surface area is 118 Å². The topological polar surface area (TPSA) is 69.0 Å². The van der Waals surface area contributed by atoms with E-state index in [2.05, 4.69) is 31.6 Å². The van der Waals surface area contributed by atoms with E-state index in [0.717, 1.165) is 11.3 Å². The second kappa shape index (κ2) is 6.33. The van der Waals surface area contributed by atoms with Gasteiger partial charge in [0.2, 0.25) is 0 Å². The first-order valence-electron chi connectivity index (χ1n) is 5.65. The minimum Gasteiger partial charge on any atom is -0.445 e. The molecule has 1 aromatic carbocycles. The van der Waals surface area contributed by atoms with E-state index in [1.807, 2.05) is 30.3 Å². The van der Waals surface area contributed by atoms with Crippen molar-refractivity contribution in [1.82, 2.24) is 20.3 Å². The van der Waals surface area contributed by atoms with Crippen molar-refractivity contribution >= 4 is 22.0 Å². The maximum Gasteiger partial charge on any atom is 0.407 e. The molecule has 0 atom stereocenters. The summed E-state index contributed by atoms with van der Waals surface area (Å²) in [5.74, 6) is 0. The van der Waals surface area contributed by atoms with Crippen molar-refractivity contribution in [2.24, 2.45) is 7.05 Å². The Morgan fingerprint density at radius 3 is 2.79 bits per heavy atom. The average molecular weight is 325 g/mol. The molecule has 0 unspecified atom stereocenters. The Morgan fingerprint density at radius 2 is 2.16 bits per heavy atom. The highest BCUT2D eigenvalue weighted by molar-refractivity contribution is 9.10. The molecule has 0 saturated carbocycles. The van der Waals surface area contributed by atoms with Crippen molar-refractivity contribution in [3.05, 3.63) is 46.2 Å². The number of aryl methyl sites for hydroxylation is 1. The molecule has 1 amide bonds. The van der Waals surface area contributed by atoms with Gasteiger partial charge in [0.05, 0.1) is 12.2 Å². The molecule has 0 bridgehead atoms. The Hall–Kier alpha value is -1.89. The standard InChI is InChI=1S/C12H13BrN4O2/c1-17-10(11(13)15-16-17)7-14-12(18)19-8-9-5-3-2-4-6-9/h2-6H,7-8H2,1H3,(H,14,18). The highest BCUT2D eigenvalue weighted by atomic mass is 79.9. The van der Waals surface area contributed by atoms with Crippen LogP contribution >= 0.6 is 15.9 Å². The summed E-state index contributed by atoms with van der Waals surface area (Å²) in [6.07, 6.45) is -0.475. The number of nitrogens with zero attached hydrogens (tertiary/aromatic N) is 3. The summed E-state index contributed by atoms with van der Waals surface area (Å²) in [6.45, 7) is 0.551. The summed E-state index contributed by atoms with van der Waals surface area (Å²) in [6, 6.07) is 9.50. The van der Waals surface area contributed by atoms with Crippen LogP contribution in [0.1, 0.15) is 11.3 Å². The Balaban J connectivity index is 1.79. The van der Waals surface area contributed by atoms with Crippen LogP contribution in [0.2, 0.25) is 0 Å². The molecule has 0 saturated heterocycles. The van der Waals surface area contributed by atoms with Gasteiger partial charge in [-0.25, -0.2) is 9.48 Å².